The highest BCUT2D eigenvalue weighted by atomic mass is 32.2. The number of carbonyl (C=O) groups is 1. The molecule has 0 aliphatic rings. The molecule has 0 radical (unpaired) electrons. The molecule has 0 aliphatic carbocycles. The van der Waals surface area contributed by atoms with Gasteiger partial charge < -0.3 is 16.8 Å². The monoisotopic (exact) mass is 476 g/mol. The Balaban J connectivity index is 1.58. The first-order valence-electron chi connectivity index (χ1n) is 10.3. The van der Waals surface area contributed by atoms with Gasteiger partial charge in [0.25, 0.3) is 0 Å². The van der Waals surface area contributed by atoms with Gasteiger partial charge in [-0.1, -0.05) is 36.4 Å². The van der Waals surface area contributed by atoms with Crippen LogP contribution < -0.4 is 21.5 Å². The Morgan fingerprint density at radius 2 is 1.91 bits per heavy atom. The van der Waals surface area contributed by atoms with Crippen molar-refractivity contribution in [3.63, 3.8) is 0 Å². The standard InChI is InChI=1S/C24H24N6OS2/c25-14-22(31)28-17-7-4-8-18(13-17)33-30-20(12-15-5-3-6-16(11-15)23(26)27)24-29-19-9-1-2-10-21(19)32-24/h1-11,13,20,30H,12,14,25H2,(H3,26,27)(H,28,31). The quantitative estimate of drug-likeness (QED) is 0.141. The summed E-state index contributed by atoms with van der Waals surface area (Å²) in [6.45, 7) is -0.0609. The summed E-state index contributed by atoms with van der Waals surface area (Å²) >= 11 is 3.14. The van der Waals surface area contributed by atoms with Crippen molar-refractivity contribution in [1.29, 1.82) is 5.41 Å². The maximum absolute atomic E-state index is 11.6. The van der Waals surface area contributed by atoms with Crippen molar-refractivity contribution in [1.82, 2.24) is 9.71 Å². The van der Waals surface area contributed by atoms with Gasteiger partial charge in [-0.2, -0.15) is 0 Å². The first kappa shape index (κ1) is 22.9. The Labute approximate surface area is 200 Å². The maximum Gasteiger partial charge on any atom is 0.238 e. The molecule has 0 spiro atoms. The SMILES string of the molecule is N=C(N)c1cccc(CC(NSc2cccc(NC(=O)CN)c2)c2nc3ccccc3s2)c1. The number of nitrogens with two attached hydrogens (primary N) is 2. The van der Waals surface area contributed by atoms with Crippen molar-refractivity contribution in [2.45, 2.75) is 17.4 Å². The molecule has 1 aromatic heterocycles. The van der Waals surface area contributed by atoms with Crippen LogP contribution in [0.2, 0.25) is 0 Å². The largest absolute Gasteiger partial charge is 0.384 e. The Morgan fingerprint density at radius 3 is 2.70 bits per heavy atom. The van der Waals surface area contributed by atoms with Crippen LogP contribution in [-0.2, 0) is 11.2 Å². The van der Waals surface area contributed by atoms with E-state index in [0.29, 0.717) is 17.7 Å². The van der Waals surface area contributed by atoms with E-state index in [1.807, 2.05) is 66.7 Å². The van der Waals surface area contributed by atoms with E-state index in [2.05, 4.69) is 16.1 Å². The van der Waals surface area contributed by atoms with Gasteiger partial charge in [-0.25, -0.2) is 9.71 Å². The van der Waals surface area contributed by atoms with Gasteiger partial charge in [0.1, 0.15) is 10.8 Å². The number of nitrogens with one attached hydrogen (secondary N) is 3. The molecule has 0 saturated heterocycles. The number of fused-ring (bicyclic) bond motifs is 1. The van der Waals surface area contributed by atoms with E-state index >= 15 is 0 Å². The van der Waals surface area contributed by atoms with E-state index in [9.17, 15) is 4.79 Å². The Kier molecular flexibility index (Phi) is 7.36. The molecule has 3 aromatic carbocycles. The summed E-state index contributed by atoms with van der Waals surface area (Å²) in [5, 5.41) is 11.5. The first-order valence-corrected chi connectivity index (χ1v) is 12.0. The van der Waals surface area contributed by atoms with E-state index in [4.69, 9.17) is 21.9 Å². The van der Waals surface area contributed by atoms with Gasteiger partial charge in [0.15, 0.2) is 0 Å². The fourth-order valence-electron chi connectivity index (χ4n) is 3.31. The van der Waals surface area contributed by atoms with Crippen LogP contribution in [0.15, 0.2) is 77.7 Å². The van der Waals surface area contributed by atoms with E-state index < -0.39 is 0 Å². The zero-order valence-corrected chi connectivity index (χ0v) is 19.4. The van der Waals surface area contributed by atoms with Crippen LogP contribution in [0.25, 0.3) is 10.2 Å². The van der Waals surface area contributed by atoms with E-state index in [-0.39, 0.29) is 24.3 Å². The minimum Gasteiger partial charge on any atom is -0.384 e. The number of hydrogen-bond acceptors (Lipinski definition) is 7. The highest BCUT2D eigenvalue weighted by Gasteiger charge is 2.18. The number of aromatic nitrogens is 1. The zero-order chi connectivity index (χ0) is 23.2. The molecule has 7 nitrogen and oxygen atoms in total. The van der Waals surface area contributed by atoms with Crippen LogP contribution in [0.1, 0.15) is 22.2 Å². The molecular formula is C24H24N6OS2. The van der Waals surface area contributed by atoms with Gasteiger partial charge >= 0.3 is 0 Å². The molecule has 0 saturated carbocycles. The van der Waals surface area contributed by atoms with Gasteiger partial charge in [0.05, 0.1) is 22.8 Å². The lowest BCUT2D eigenvalue weighted by molar-refractivity contribution is -0.114. The molecule has 1 unspecified atom stereocenters. The van der Waals surface area contributed by atoms with Crippen molar-refractivity contribution < 1.29 is 4.79 Å². The molecule has 1 amide bonds. The minimum atomic E-state index is -0.234. The summed E-state index contributed by atoms with van der Waals surface area (Å²) in [5.74, 6) is -0.185. The Bertz CT molecular complexity index is 1260. The number of hydrogen-bond donors (Lipinski definition) is 5. The summed E-state index contributed by atoms with van der Waals surface area (Å²) in [7, 11) is 0. The molecule has 168 valence electrons. The van der Waals surface area contributed by atoms with Crippen LogP contribution >= 0.6 is 23.3 Å². The number of nitrogens with zero attached hydrogens (tertiary/aromatic N) is 1. The predicted molar refractivity (Wildman–Crippen MR) is 137 cm³/mol. The van der Waals surface area contributed by atoms with E-state index in [1.54, 1.807) is 11.3 Å². The highest BCUT2D eigenvalue weighted by molar-refractivity contribution is 7.97. The van der Waals surface area contributed by atoms with Crippen molar-refractivity contribution in [3.8, 4) is 0 Å². The fourth-order valence-corrected chi connectivity index (χ4v) is 5.21. The van der Waals surface area contributed by atoms with E-state index in [0.717, 1.165) is 25.7 Å². The molecule has 7 N–H and O–H groups in total. The third kappa shape index (κ3) is 5.96. The second-order valence-electron chi connectivity index (χ2n) is 7.39. The van der Waals surface area contributed by atoms with Crippen LogP contribution in [0, 0.1) is 5.41 Å². The summed E-state index contributed by atoms with van der Waals surface area (Å²) in [4.78, 5) is 17.4. The number of benzene rings is 3. The average Bonchev–Trinajstić information content (AvgIpc) is 3.26. The topological polar surface area (TPSA) is 130 Å². The number of amides is 1. The van der Waals surface area contributed by atoms with Gasteiger partial charge in [0, 0.05) is 16.1 Å². The Morgan fingerprint density at radius 1 is 1.09 bits per heavy atom. The number of rotatable bonds is 9. The minimum absolute atomic E-state index is 0.0482. The highest BCUT2D eigenvalue weighted by Crippen LogP contribution is 2.31. The first-order chi connectivity index (χ1) is 16.0. The third-order valence-corrected chi connectivity index (χ3v) is 6.95. The van der Waals surface area contributed by atoms with Gasteiger partial charge in [-0.15, -0.1) is 11.3 Å². The molecule has 9 heteroatoms. The van der Waals surface area contributed by atoms with Crippen molar-refractivity contribution in [3.05, 3.63) is 88.9 Å². The third-order valence-electron chi connectivity index (χ3n) is 4.91. The number of para-hydroxylation sites is 1. The predicted octanol–water partition coefficient (Wildman–Crippen LogP) is 4.06. The number of carbonyl (C=O) groups excluding carboxylic acids is 1. The van der Waals surface area contributed by atoms with Gasteiger partial charge in [-0.05, 0) is 60.3 Å². The molecule has 1 atom stereocenters. The van der Waals surface area contributed by atoms with Crippen molar-refractivity contribution in [2.75, 3.05) is 11.9 Å². The van der Waals surface area contributed by atoms with Gasteiger partial charge in [-0.3, -0.25) is 10.2 Å². The second kappa shape index (κ2) is 10.6. The number of thiazole rings is 1. The molecule has 4 rings (SSSR count). The van der Waals surface area contributed by atoms with Crippen LogP contribution in [0.5, 0.6) is 0 Å². The summed E-state index contributed by atoms with van der Waals surface area (Å²) in [6, 6.07) is 23.3. The molecular weight excluding hydrogens is 452 g/mol. The Hall–Kier alpha value is -3.24. The molecule has 0 aliphatic heterocycles. The lowest BCUT2D eigenvalue weighted by Crippen LogP contribution is -2.21. The van der Waals surface area contributed by atoms with E-state index in [1.165, 1.54) is 11.9 Å². The molecule has 0 fully saturated rings. The smallest absolute Gasteiger partial charge is 0.238 e. The van der Waals surface area contributed by atoms with Crippen molar-refractivity contribution >= 4 is 50.9 Å². The second-order valence-corrected chi connectivity index (χ2v) is 9.36. The molecule has 0 bridgehead atoms. The summed E-state index contributed by atoms with van der Waals surface area (Å²) in [6.07, 6.45) is 0.678. The number of anilines is 1. The van der Waals surface area contributed by atoms with Gasteiger partial charge in [0.2, 0.25) is 5.91 Å². The number of amidine groups is 1. The maximum atomic E-state index is 11.6. The van der Waals surface area contributed by atoms with Crippen LogP contribution in [-0.4, -0.2) is 23.3 Å². The zero-order valence-electron chi connectivity index (χ0n) is 17.7. The summed E-state index contributed by atoms with van der Waals surface area (Å²) in [5.41, 5.74) is 14.5. The molecule has 4 aromatic rings. The average molecular weight is 477 g/mol. The van der Waals surface area contributed by atoms with Crippen molar-refractivity contribution in [2.24, 2.45) is 11.5 Å². The number of nitrogen functional groups attached to an aromatic ring is 1. The molecule has 1 heterocycles. The van der Waals surface area contributed by atoms with Crippen LogP contribution in [0.4, 0.5) is 5.69 Å². The van der Waals surface area contributed by atoms with Crippen LogP contribution in [0.3, 0.4) is 0 Å². The summed E-state index contributed by atoms with van der Waals surface area (Å²) < 4.78 is 4.68. The molecule has 33 heavy (non-hydrogen) atoms. The lowest BCUT2D eigenvalue weighted by atomic mass is 10.0. The normalized spacial score (nSPS) is 11.9. The lowest BCUT2D eigenvalue weighted by Gasteiger charge is -2.17. The fraction of sp³-hybridized carbons (Fsp3) is 0.125.